The van der Waals surface area contributed by atoms with Gasteiger partial charge in [-0.1, -0.05) is 0 Å². The Morgan fingerprint density at radius 2 is 1.18 bits per heavy atom. The molecule has 302 valence electrons. The predicted octanol–water partition coefficient (Wildman–Crippen LogP) is 7.80. The molecule has 2 aliphatic heterocycles. The van der Waals surface area contributed by atoms with Crippen LogP contribution in [0.25, 0.3) is 22.5 Å². The van der Waals surface area contributed by atoms with E-state index in [0.29, 0.717) is 6.42 Å². The van der Waals surface area contributed by atoms with Crippen LogP contribution in [0.3, 0.4) is 0 Å². The van der Waals surface area contributed by atoms with Crippen molar-refractivity contribution in [1.82, 2.24) is 39.3 Å². The molecule has 0 radical (unpaired) electrons. The molecule has 57 heavy (non-hydrogen) atoms. The topological polar surface area (TPSA) is 165 Å². The number of aromatic nitrogens is 6. The maximum absolute atomic E-state index is 12.2. The highest BCUT2D eigenvalue weighted by molar-refractivity contribution is 14.1. The van der Waals surface area contributed by atoms with Crippen molar-refractivity contribution >= 4 is 57.4 Å². The first kappa shape index (κ1) is 41.3. The number of ether oxygens (including phenoxy) is 2. The summed E-state index contributed by atoms with van der Waals surface area (Å²) in [7, 11) is 0. The monoisotopic (exact) mass is 1000 g/mol. The minimum absolute atomic E-state index is 0.0426. The Bertz CT molecular complexity index is 2140. The van der Waals surface area contributed by atoms with Gasteiger partial charge in [0.2, 0.25) is 0 Å². The van der Waals surface area contributed by atoms with Gasteiger partial charge in [-0.2, -0.15) is 15.5 Å². The first-order valence-corrected chi connectivity index (χ1v) is 21.4. The third-order valence-electron chi connectivity index (χ3n) is 10.9. The van der Waals surface area contributed by atoms with Crippen LogP contribution in [0.2, 0.25) is 0 Å². The number of carbonyl (C=O) groups excluding carboxylic acids is 2. The third kappa shape index (κ3) is 8.66. The molecule has 4 fully saturated rings. The second kappa shape index (κ2) is 15.7. The minimum Gasteiger partial charge on any atom is -0.444 e. The Morgan fingerprint density at radius 1 is 0.772 bits per heavy atom. The van der Waals surface area contributed by atoms with Crippen LogP contribution in [-0.4, -0.2) is 94.0 Å². The van der Waals surface area contributed by atoms with E-state index in [2.05, 4.69) is 61.2 Å². The van der Waals surface area contributed by atoms with Crippen molar-refractivity contribution in [2.24, 2.45) is 10.8 Å². The molecular formula is C41H49I2N9O5. The summed E-state index contributed by atoms with van der Waals surface area (Å²) in [5.41, 5.74) is 4.87. The van der Waals surface area contributed by atoms with E-state index in [1.807, 2.05) is 75.2 Å². The highest BCUT2D eigenvalue weighted by Crippen LogP contribution is 2.56. The molecule has 4 aliphatic rings. The first-order chi connectivity index (χ1) is 26.9. The van der Waals surface area contributed by atoms with E-state index in [1.165, 1.54) is 0 Å². The van der Waals surface area contributed by atoms with E-state index in [1.54, 1.807) is 34.6 Å². The number of aliphatic hydroxyl groups is 1. The van der Waals surface area contributed by atoms with E-state index < -0.39 is 11.2 Å². The van der Waals surface area contributed by atoms with Crippen LogP contribution < -0.4 is 0 Å². The summed E-state index contributed by atoms with van der Waals surface area (Å²) in [6.45, 7) is 14.2. The number of hydrogen-bond donors (Lipinski definition) is 1. The Morgan fingerprint density at radius 3 is 1.53 bits per heavy atom. The standard InChI is InChI=1S/C21H24IN5O2.C20H25IN4O3/c1-20(2,3)29-19(28)26-12-21(13-26)9-15(10-21)27-16(6-7-23)17(22)18(25-27)14-5-4-8-24-11-14;1-19(2,3)28-18(27)24-11-20(12-24)7-14(8-20)25-15(10-26)16(21)17(23-25)13-5-4-6-22-9-13/h4-5,8,11,15H,6,9-10,12-13H2,1-3H3;4-6,9,14,26H,7-8,10-12H2,1-3H3. The number of hydrogen-bond acceptors (Lipinski definition) is 10. The molecule has 0 aromatic carbocycles. The Labute approximate surface area is 360 Å². The highest BCUT2D eigenvalue weighted by Gasteiger charge is 2.57. The van der Waals surface area contributed by atoms with Gasteiger partial charge in [0.05, 0.1) is 49.7 Å². The molecule has 2 saturated carbocycles. The molecule has 0 unspecified atom stereocenters. The van der Waals surface area contributed by atoms with E-state index in [0.717, 1.165) is 92.9 Å². The van der Waals surface area contributed by atoms with Gasteiger partial charge in [-0.25, -0.2) is 9.59 Å². The van der Waals surface area contributed by atoms with Gasteiger partial charge >= 0.3 is 12.2 Å². The summed E-state index contributed by atoms with van der Waals surface area (Å²) in [4.78, 5) is 36.3. The van der Waals surface area contributed by atoms with Crippen molar-refractivity contribution in [2.75, 3.05) is 26.2 Å². The Kier molecular flexibility index (Phi) is 11.4. The molecule has 14 nitrogen and oxygen atoms in total. The van der Waals surface area contributed by atoms with Gasteiger partial charge in [0, 0.05) is 72.9 Å². The van der Waals surface area contributed by atoms with Crippen LogP contribution in [0.4, 0.5) is 9.59 Å². The number of rotatable bonds is 6. The van der Waals surface area contributed by atoms with E-state index in [9.17, 15) is 20.0 Å². The van der Waals surface area contributed by atoms with Crippen LogP contribution in [-0.2, 0) is 22.5 Å². The quantitative estimate of drug-likeness (QED) is 0.189. The van der Waals surface area contributed by atoms with Crippen molar-refractivity contribution in [3.05, 3.63) is 67.6 Å². The van der Waals surface area contributed by atoms with Crippen molar-refractivity contribution in [2.45, 2.75) is 104 Å². The van der Waals surface area contributed by atoms with Gasteiger partial charge in [0.1, 0.15) is 22.6 Å². The molecule has 2 spiro atoms. The van der Waals surface area contributed by atoms with Crippen molar-refractivity contribution in [3.8, 4) is 28.6 Å². The summed E-state index contributed by atoms with van der Waals surface area (Å²) in [5, 5.41) is 28.9. The lowest BCUT2D eigenvalue weighted by atomic mass is 9.60. The second-order valence-electron chi connectivity index (χ2n) is 17.9. The van der Waals surface area contributed by atoms with Gasteiger partial charge in [-0.3, -0.25) is 19.3 Å². The average molecular weight is 1000 g/mol. The van der Waals surface area contributed by atoms with E-state index >= 15 is 0 Å². The summed E-state index contributed by atoms with van der Waals surface area (Å²) in [6.07, 6.45) is 10.8. The first-order valence-electron chi connectivity index (χ1n) is 19.2. The van der Waals surface area contributed by atoms with Crippen molar-refractivity contribution in [1.29, 1.82) is 5.26 Å². The van der Waals surface area contributed by atoms with Gasteiger partial charge in [-0.15, -0.1) is 0 Å². The molecule has 0 bridgehead atoms. The molecule has 0 atom stereocenters. The molecule has 2 aliphatic carbocycles. The van der Waals surface area contributed by atoms with Gasteiger partial charge in [0.15, 0.2) is 0 Å². The molecule has 2 saturated heterocycles. The number of nitriles is 1. The molecule has 1 N–H and O–H groups in total. The number of pyridine rings is 2. The second-order valence-corrected chi connectivity index (χ2v) is 20.0. The van der Waals surface area contributed by atoms with Crippen LogP contribution in [0, 0.1) is 29.3 Å². The lowest BCUT2D eigenvalue weighted by molar-refractivity contribution is -0.0935. The molecule has 2 amide bonds. The van der Waals surface area contributed by atoms with Crippen LogP contribution in [0.15, 0.2) is 49.1 Å². The van der Waals surface area contributed by atoms with Crippen LogP contribution in [0.1, 0.15) is 90.7 Å². The summed E-state index contributed by atoms with van der Waals surface area (Å²) in [6, 6.07) is 10.5. The largest absolute Gasteiger partial charge is 0.444 e. The highest BCUT2D eigenvalue weighted by atomic mass is 127. The van der Waals surface area contributed by atoms with Crippen molar-refractivity contribution in [3.63, 3.8) is 0 Å². The summed E-state index contributed by atoms with van der Waals surface area (Å²) >= 11 is 4.54. The van der Waals surface area contributed by atoms with Crippen LogP contribution in [0.5, 0.6) is 0 Å². The molecule has 6 heterocycles. The molecule has 4 aromatic heterocycles. The van der Waals surface area contributed by atoms with Crippen LogP contribution >= 0.6 is 45.2 Å². The Hall–Kier alpha value is -3.83. The normalized spacial score (nSPS) is 18.4. The number of carbonyl (C=O) groups is 2. The van der Waals surface area contributed by atoms with E-state index in [-0.39, 0.29) is 41.7 Å². The zero-order chi connectivity index (χ0) is 40.9. The summed E-state index contributed by atoms with van der Waals surface area (Å²) < 4.78 is 16.9. The average Bonchev–Trinajstić information content (AvgIpc) is 3.57. The number of nitrogens with zero attached hydrogens (tertiary/aromatic N) is 9. The minimum atomic E-state index is -0.470. The summed E-state index contributed by atoms with van der Waals surface area (Å²) in [5.74, 6) is 0. The number of likely N-dealkylation sites (tertiary alicyclic amines) is 2. The third-order valence-corrected chi connectivity index (χ3v) is 13.2. The zero-order valence-corrected chi connectivity index (χ0v) is 37.5. The molecule has 8 rings (SSSR count). The number of aliphatic hydroxyl groups excluding tert-OH is 1. The van der Waals surface area contributed by atoms with Crippen molar-refractivity contribution < 1.29 is 24.2 Å². The number of halogens is 2. The Balaban J connectivity index is 0.000000174. The van der Waals surface area contributed by atoms with E-state index in [4.69, 9.17) is 19.7 Å². The lowest BCUT2D eigenvalue weighted by Crippen LogP contribution is -2.64. The maximum Gasteiger partial charge on any atom is 0.410 e. The van der Waals surface area contributed by atoms with Gasteiger partial charge < -0.3 is 24.4 Å². The molecule has 4 aromatic rings. The smallest absolute Gasteiger partial charge is 0.410 e. The predicted molar refractivity (Wildman–Crippen MR) is 229 cm³/mol. The van der Waals surface area contributed by atoms with Gasteiger partial charge in [-0.05, 0) is 137 Å². The van der Waals surface area contributed by atoms with Gasteiger partial charge in [0.25, 0.3) is 0 Å². The number of amides is 2. The molecule has 16 heteroatoms. The fourth-order valence-electron chi connectivity index (χ4n) is 8.43. The lowest BCUT2D eigenvalue weighted by Gasteiger charge is -2.58. The SMILES string of the molecule is CC(C)(C)OC(=O)N1CC2(CC(n3nc(-c4cccnc4)c(I)c3CC#N)C2)C1.CC(C)(C)OC(=O)N1CC2(CC(n3nc(-c4cccnc4)c(I)c3CO)C2)C1. The maximum atomic E-state index is 12.2. The molecular weight excluding hydrogens is 952 g/mol. The fraction of sp³-hybridized carbons (Fsp3) is 0.537. The fourth-order valence-corrected chi connectivity index (χ4v) is 10.1. The zero-order valence-electron chi connectivity index (χ0n) is 33.2.